The topological polar surface area (TPSA) is 31.4 Å². The summed E-state index contributed by atoms with van der Waals surface area (Å²) in [5.74, 6) is 2.07. The van der Waals surface area contributed by atoms with Crippen LogP contribution in [0.25, 0.3) is 11.1 Å². The highest BCUT2D eigenvalue weighted by Crippen LogP contribution is 2.36. The molecule has 19 heavy (non-hydrogen) atoms. The third-order valence-electron chi connectivity index (χ3n) is 3.41. The smallest absolute Gasteiger partial charge is 0.231 e. The lowest BCUT2D eigenvalue weighted by Gasteiger charge is -2.10. The summed E-state index contributed by atoms with van der Waals surface area (Å²) in [6, 6.07) is 8.17. The molecule has 98 valence electrons. The van der Waals surface area contributed by atoms with Crippen molar-refractivity contribution in [3.05, 3.63) is 41.7 Å². The van der Waals surface area contributed by atoms with Crippen molar-refractivity contribution < 1.29 is 9.47 Å². The van der Waals surface area contributed by atoms with E-state index in [0.29, 0.717) is 12.7 Å². The van der Waals surface area contributed by atoms with Gasteiger partial charge in [0, 0.05) is 17.5 Å². The average molecular weight is 255 g/mol. The van der Waals surface area contributed by atoms with Gasteiger partial charge in [0.25, 0.3) is 0 Å². The molecule has 1 aliphatic rings. The van der Waals surface area contributed by atoms with E-state index in [1.54, 1.807) is 0 Å². The molecular weight excluding hydrogens is 238 g/mol. The van der Waals surface area contributed by atoms with Crippen LogP contribution in [0.5, 0.6) is 11.5 Å². The SMILES string of the molecule is Cc1cc(C(C)C)ncc1-c1ccc2c(c1)OCO2. The van der Waals surface area contributed by atoms with Crippen molar-refractivity contribution in [1.29, 1.82) is 0 Å². The van der Waals surface area contributed by atoms with E-state index in [9.17, 15) is 0 Å². The second kappa shape index (κ2) is 4.57. The molecular formula is C16H17NO2. The molecule has 2 heterocycles. The molecule has 0 saturated carbocycles. The number of benzene rings is 1. The quantitative estimate of drug-likeness (QED) is 0.815. The number of pyridine rings is 1. The van der Waals surface area contributed by atoms with Crippen molar-refractivity contribution in [3.8, 4) is 22.6 Å². The van der Waals surface area contributed by atoms with Crippen molar-refractivity contribution in [2.24, 2.45) is 0 Å². The molecule has 0 fully saturated rings. The Morgan fingerprint density at radius 1 is 1.11 bits per heavy atom. The zero-order valence-corrected chi connectivity index (χ0v) is 11.4. The highest BCUT2D eigenvalue weighted by Gasteiger charge is 2.15. The summed E-state index contributed by atoms with van der Waals surface area (Å²) in [7, 11) is 0. The number of hydrogen-bond donors (Lipinski definition) is 0. The summed E-state index contributed by atoms with van der Waals surface area (Å²) in [5, 5.41) is 0. The van der Waals surface area contributed by atoms with Crippen LogP contribution in [0.3, 0.4) is 0 Å². The fraction of sp³-hybridized carbons (Fsp3) is 0.312. The van der Waals surface area contributed by atoms with E-state index < -0.39 is 0 Å². The van der Waals surface area contributed by atoms with Crippen LogP contribution in [0.1, 0.15) is 31.0 Å². The van der Waals surface area contributed by atoms with Gasteiger partial charge < -0.3 is 9.47 Å². The number of ether oxygens (including phenoxy) is 2. The number of nitrogens with zero attached hydrogens (tertiary/aromatic N) is 1. The van der Waals surface area contributed by atoms with Crippen molar-refractivity contribution in [3.63, 3.8) is 0 Å². The number of fused-ring (bicyclic) bond motifs is 1. The molecule has 0 radical (unpaired) electrons. The maximum Gasteiger partial charge on any atom is 0.231 e. The lowest BCUT2D eigenvalue weighted by atomic mass is 9.99. The lowest BCUT2D eigenvalue weighted by molar-refractivity contribution is 0.174. The molecule has 0 amide bonds. The minimum absolute atomic E-state index is 0.308. The Morgan fingerprint density at radius 2 is 1.89 bits per heavy atom. The van der Waals surface area contributed by atoms with Gasteiger partial charge in [-0.25, -0.2) is 0 Å². The Kier molecular flexibility index (Phi) is 2.90. The van der Waals surface area contributed by atoms with Gasteiger partial charge in [0.05, 0.1) is 0 Å². The first kappa shape index (κ1) is 12.0. The molecule has 3 nitrogen and oxygen atoms in total. The molecule has 0 N–H and O–H groups in total. The van der Waals surface area contributed by atoms with E-state index in [0.717, 1.165) is 28.3 Å². The van der Waals surface area contributed by atoms with Crippen LogP contribution in [-0.2, 0) is 0 Å². The Bertz CT molecular complexity index is 620. The van der Waals surface area contributed by atoms with E-state index in [2.05, 4.69) is 31.8 Å². The zero-order valence-electron chi connectivity index (χ0n) is 11.4. The molecule has 1 aliphatic heterocycles. The first-order chi connectivity index (χ1) is 9.15. The molecule has 1 aromatic heterocycles. The normalized spacial score (nSPS) is 13.1. The first-order valence-electron chi connectivity index (χ1n) is 6.51. The molecule has 0 unspecified atom stereocenters. The predicted octanol–water partition coefficient (Wildman–Crippen LogP) is 3.91. The largest absolute Gasteiger partial charge is 0.454 e. The van der Waals surface area contributed by atoms with Crippen LogP contribution in [-0.4, -0.2) is 11.8 Å². The lowest BCUT2D eigenvalue weighted by Crippen LogP contribution is -1.95. The molecule has 0 aliphatic carbocycles. The summed E-state index contributed by atoms with van der Waals surface area (Å²) < 4.78 is 10.8. The Balaban J connectivity index is 2.02. The number of rotatable bonds is 2. The van der Waals surface area contributed by atoms with Crippen molar-refractivity contribution in [2.45, 2.75) is 26.7 Å². The highest BCUT2D eigenvalue weighted by molar-refractivity contribution is 5.69. The minimum Gasteiger partial charge on any atom is -0.454 e. The molecule has 1 aromatic carbocycles. The molecule has 0 spiro atoms. The van der Waals surface area contributed by atoms with Gasteiger partial charge in [0.15, 0.2) is 11.5 Å². The minimum atomic E-state index is 0.308. The van der Waals surface area contributed by atoms with E-state index in [-0.39, 0.29) is 0 Å². The molecule has 0 saturated heterocycles. The van der Waals surface area contributed by atoms with Crippen LogP contribution in [0, 0.1) is 6.92 Å². The van der Waals surface area contributed by atoms with Crippen molar-refractivity contribution in [2.75, 3.05) is 6.79 Å². The summed E-state index contributed by atoms with van der Waals surface area (Å²) >= 11 is 0. The van der Waals surface area contributed by atoms with Gasteiger partial charge in [0.1, 0.15) is 0 Å². The average Bonchev–Trinajstić information content (AvgIpc) is 2.85. The predicted molar refractivity (Wildman–Crippen MR) is 74.6 cm³/mol. The maximum atomic E-state index is 5.42. The second-order valence-electron chi connectivity index (χ2n) is 5.15. The third kappa shape index (κ3) is 2.16. The first-order valence-corrected chi connectivity index (χ1v) is 6.51. The van der Waals surface area contributed by atoms with Crippen LogP contribution in [0.15, 0.2) is 30.5 Å². The summed E-state index contributed by atoms with van der Waals surface area (Å²) in [4.78, 5) is 4.54. The number of aryl methyl sites for hydroxylation is 1. The fourth-order valence-corrected chi connectivity index (χ4v) is 2.26. The highest BCUT2D eigenvalue weighted by atomic mass is 16.7. The Labute approximate surface area is 113 Å². The van der Waals surface area contributed by atoms with Gasteiger partial charge in [-0.3, -0.25) is 4.98 Å². The summed E-state index contributed by atoms with van der Waals surface area (Å²) in [5.41, 5.74) is 4.62. The Morgan fingerprint density at radius 3 is 2.63 bits per heavy atom. The van der Waals surface area contributed by atoms with Gasteiger partial charge in [-0.2, -0.15) is 0 Å². The molecule has 0 atom stereocenters. The third-order valence-corrected chi connectivity index (χ3v) is 3.41. The number of aromatic nitrogens is 1. The van der Waals surface area contributed by atoms with Gasteiger partial charge in [-0.15, -0.1) is 0 Å². The van der Waals surface area contributed by atoms with E-state index in [1.807, 2.05) is 24.4 Å². The molecule has 3 rings (SSSR count). The van der Waals surface area contributed by atoms with Crippen LogP contribution in [0.4, 0.5) is 0 Å². The van der Waals surface area contributed by atoms with Gasteiger partial charge >= 0.3 is 0 Å². The fourth-order valence-electron chi connectivity index (χ4n) is 2.26. The van der Waals surface area contributed by atoms with Crippen LogP contribution < -0.4 is 9.47 Å². The molecule has 2 aromatic rings. The molecule has 0 bridgehead atoms. The van der Waals surface area contributed by atoms with E-state index >= 15 is 0 Å². The van der Waals surface area contributed by atoms with Crippen LogP contribution in [0.2, 0.25) is 0 Å². The van der Waals surface area contributed by atoms with Gasteiger partial charge in [0.2, 0.25) is 6.79 Å². The monoisotopic (exact) mass is 255 g/mol. The van der Waals surface area contributed by atoms with E-state index in [1.165, 1.54) is 5.56 Å². The van der Waals surface area contributed by atoms with Gasteiger partial charge in [-0.05, 0) is 42.2 Å². The zero-order chi connectivity index (χ0) is 13.4. The van der Waals surface area contributed by atoms with Gasteiger partial charge in [-0.1, -0.05) is 19.9 Å². The second-order valence-corrected chi connectivity index (χ2v) is 5.15. The van der Waals surface area contributed by atoms with Crippen molar-refractivity contribution >= 4 is 0 Å². The summed E-state index contributed by atoms with van der Waals surface area (Å²) in [6.45, 7) is 6.74. The standard InChI is InChI=1S/C16H17NO2/c1-10(2)14-6-11(3)13(8-17-14)12-4-5-15-16(7-12)19-9-18-15/h4-8,10H,9H2,1-3H3. The van der Waals surface area contributed by atoms with Crippen molar-refractivity contribution in [1.82, 2.24) is 4.98 Å². The molecule has 3 heteroatoms. The Hall–Kier alpha value is -2.03. The van der Waals surface area contributed by atoms with E-state index in [4.69, 9.17) is 9.47 Å². The van der Waals surface area contributed by atoms with Crippen LogP contribution >= 0.6 is 0 Å². The number of hydrogen-bond acceptors (Lipinski definition) is 3. The summed E-state index contributed by atoms with van der Waals surface area (Å²) in [6.07, 6.45) is 1.95. The maximum absolute atomic E-state index is 5.42.